The summed E-state index contributed by atoms with van der Waals surface area (Å²) in [6.45, 7) is 0. The molecule has 0 radical (unpaired) electrons. The fourth-order valence-electron chi connectivity index (χ4n) is 7.54. The van der Waals surface area contributed by atoms with E-state index >= 15 is 0 Å². The molecule has 0 N–H and O–H groups in total. The number of aromatic nitrogens is 2. The summed E-state index contributed by atoms with van der Waals surface area (Å²) in [7, 11) is 0. The van der Waals surface area contributed by atoms with Crippen LogP contribution < -0.4 is 0 Å². The van der Waals surface area contributed by atoms with Crippen molar-refractivity contribution >= 4 is 80.8 Å². The topological polar surface area (TPSA) is 9.86 Å². The van der Waals surface area contributed by atoms with Crippen LogP contribution in [0.3, 0.4) is 0 Å². The Bertz CT molecular complexity index is 2660. The fraction of sp³-hybridized carbons (Fsp3) is 0.0476. The van der Waals surface area contributed by atoms with Crippen LogP contribution in [0.4, 0.5) is 0 Å². The first kappa shape index (κ1) is 25.0. The summed E-state index contributed by atoms with van der Waals surface area (Å²) < 4.78 is 7.50. The number of benzene rings is 6. The van der Waals surface area contributed by atoms with Crippen molar-refractivity contribution in [2.24, 2.45) is 0 Å². The predicted octanol–water partition coefficient (Wildman–Crippen LogP) is 12.1. The first-order chi connectivity index (χ1) is 22.3. The molecule has 6 aromatic carbocycles. The molecule has 0 bridgehead atoms. The zero-order valence-corrected chi connectivity index (χ0v) is 25.4. The maximum atomic E-state index is 2.43. The lowest BCUT2D eigenvalue weighted by atomic mass is 10.0. The highest BCUT2D eigenvalue weighted by atomic mass is 32.1. The fourth-order valence-corrected chi connectivity index (χ4v) is 8.76. The van der Waals surface area contributed by atoms with E-state index in [9.17, 15) is 0 Å². The molecule has 9 aromatic rings. The van der Waals surface area contributed by atoms with Gasteiger partial charge in [-0.1, -0.05) is 91.0 Å². The average molecular weight is 593 g/mol. The van der Waals surface area contributed by atoms with Gasteiger partial charge in [-0.15, -0.1) is 11.3 Å². The van der Waals surface area contributed by atoms with E-state index in [4.69, 9.17) is 0 Å². The van der Waals surface area contributed by atoms with Crippen molar-refractivity contribution in [3.63, 3.8) is 0 Å². The first-order valence-corrected chi connectivity index (χ1v) is 16.5. The van der Waals surface area contributed by atoms with Crippen molar-refractivity contribution in [2.45, 2.75) is 12.8 Å². The van der Waals surface area contributed by atoms with Gasteiger partial charge in [0.1, 0.15) is 0 Å². The van der Waals surface area contributed by atoms with Crippen LogP contribution in [0.5, 0.6) is 0 Å². The normalized spacial score (nSPS) is 13.6. The van der Waals surface area contributed by atoms with E-state index in [2.05, 4.69) is 155 Å². The minimum atomic E-state index is 1.09. The third kappa shape index (κ3) is 3.62. The van der Waals surface area contributed by atoms with Crippen LogP contribution in [0.25, 0.3) is 86.3 Å². The van der Waals surface area contributed by atoms with Crippen LogP contribution in [-0.2, 0) is 0 Å². The first-order valence-electron chi connectivity index (χ1n) is 15.7. The number of hydrogen-bond donors (Lipinski definition) is 0. The Hall–Kier alpha value is -5.38. The Morgan fingerprint density at radius 1 is 0.489 bits per heavy atom. The third-order valence-corrected chi connectivity index (χ3v) is 10.8. The average Bonchev–Trinajstić information content (AvgIpc) is 3.76. The summed E-state index contributed by atoms with van der Waals surface area (Å²) in [5.74, 6) is 0. The van der Waals surface area contributed by atoms with E-state index in [1.165, 1.54) is 86.3 Å². The van der Waals surface area contributed by atoms with Gasteiger partial charge < -0.3 is 9.13 Å². The van der Waals surface area contributed by atoms with Crippen molar-refractivity contribution in [3.8, 4) is 16.8 Å². The lowest BCUT2D eigenvalue weighted by Gasteiger charge is -2.12. The molecule has 3 aromatic heterocycles. The molecule has 10 rings (SSSR count). The Kier molecular flexibility index (Phi) is 5.31. The highest BCUT2D eigenvalue weighted by Gasteiger charge is 2.17. The van der Waals surface area contributed by atoms with Gasteiger partial charge in [0.25, 0.3) is 0 Å². The van der Waals surface area contributed by atoms with Crippen LogP contribution in [-0.4, -0.2) is 9.13 Å². The van der Waals surface area contributed by atoms with E-state index in [1.54, 1.807) is 0 Å². The van der Waals surface area contributed by atoms with Crippen LogP contribution in [0.15, 0.2) is 146 Å². The zero-order valence-electron chi connectivity index (χ0n) is 24.6. The number of allylic oxidation sites excluding steroid dienone is 4. The molecular formula is C42H28N2S. The molecule has 0 aliphatic heterocycles. The second kappa shape index (κ2) is 9.56. The monoisotopic (exact) mass is 592 g/mol. The highest BCUT2D eigenvalue weighted by Crippen LogP contribution is 2.43. The van der Waals surface area contributed by atoms with Crippen molar-refractivity contribution in [2.75, 3.05) is 0 Å². The highest BCUT2D eigenvalue weighted by molar-refractivity contribution is 7.26. The van der Waals surface area contributed by atoms with Crippen LogP contribution in [0, 0.1) is 0 Å². The summed E-state index contributed by atoms with van der Waals surface area (Å²) in [5.41, 5.74) is 10.0. The van der Waals surface area contributed by atoms with Crippen LogP contribution >= 0.6 is 11.3 Å². The summed E-state index contributed by atoms with van der Waals surface area (Å²) in [6.07, 6.45) is 9.13. The maximum absolute atomic E-state index is 2.43. The Labute approximate surface area is 264 Å². The molecule has 0 saturated carbocycles. The second-order valence-electron chi connectivity index (χ2n) is 12.0. The number of nitrogens with zero attached hydrogens (tertiary/aromatic N) is 2. The molecule has 0 amide bonds. The van der Waals surface area contributed by atoms with Gasteiger partial charge in [0.2, 0.25) is 0 Å². The van der Waals surface area contributed by atoms with Crippen molar-refractivity contribution in [1.82, 2.24) is 9.13 Å². The summed E-state index contributed by atoms with van der Waals surface area (Å²) in [6, 6.07) is 47.1. The quantitative estimate of drug-likeness (QED) is 0.193. The molecular weight excluding hydrogens is 565 g/mol. The molecule has 2 nitrogen and oxygen atoms in total. The minimum absolute atomic E-state index is 1.09. The molecule has 0 fully saturated rings. The van der Waals surface area contributed by atoms with Crippen molar-refractivity contribution in [1.29, 1.82) is 0 Å². The van der Waals surface area contributed by atoms with Gasteiger partial charge in [0, 0.05) is 53.1 Å². The lowest BCUT2D eigenvalue weighted by molar-refractivity contribution is 1.02. The van der Waals surface area contributed by atoms with Crippen LogP contribution in [0.2, 0.25) is 0 Å². The van der Waals surface area contributed by atoms with Gasteiger partial charge in [-0.25, -0.2) is 0 Å². The summed E-state index contributed by atoms with van der Waals surface area (Å²) >= 11 is 1.90. The summed E-state index contributed by atoms with van der Waals surface area (Å²) in [5, 5.41) is 7.81. The van der Waals surface area contributed by atoms with Crippen molar-refractivity contribution in [3.05, 3.63) is 146 Å². The van der Waals surface area contributed by atoms with Crippen molar-refractivity contribution < 1.29 is 0 Å². The Morgan fingerprint density at radius 3 is 1.89 bits per heavy atom. The van der Waals surface area contributed by atoms with E-state index in [-0.39, 0.29) is 0 Å². The summed E-state index contributed by atoms with van der Waals surface area (Å²) in [4.78, 5) is 0. The van der Waals surface area contributed by atoms with Crippen LogP contribution in [0.1, 0.15) is 12.8 Å². The number of hydrogen-bond acceptors (Lipinski definition) is 1. The number of para-hydroxylation sites is 3. The Balaban J connectivity index is 1.17. The van der Waals surface area contributed by atoms with Gasteiger partial charge in [-0.2, -0.15) is 0 Å². The SMILES string of the molecule is C1=CC(n2c3ccccc3c3cc(-c4cccc5c4sc4ccc(-n6c7ccccc7c7ccccc76)cc45)ccc32)=CCC1. The molecule has 45 heavy (non-hydrogen) atoms. The van der Waals surface area contributed by atoms with Gasteiger partial charge >= 0.3 is 0 Å². The number of fused-ring (bicyclic) bond motifs is 9. The Morgan fingerprint density at radius 2 is 1.16 bits per heavy atom. The molecule has 0 atom stereocenters. The van der Waals surface area contributed by atoms with E-state index in [1.807, 2.05) is 11.3 Å². The van der Waals surface area contributed by atoms with E-state index in [0.717, 1.165) is 12.8 Å². The molecule has 0 saturated heterocycles. The van der Waals surface area contributed by atoms with Gasteiger partial charge in [-0.3, -0.25) is 0 Å². The van der Waals surface area contributed by atoms with Gasteiger partial charge in [-0.05, 0) is 78.6 Å². The minimum Gasteiger partial charge on any atom is -0.310 e. The van der Waals surface area contributed by atoms with Gasteiger partial charge in [0.15, 0.2) is 0 Å². The third-order valence-electron chi connectivity index (χ3n) is 9.54. The standard InChI is InChI=1S/C42H28N2S/c1-2-11-28(12-3-1)43-39-20-9-6-15-33(39)35-25-27(21-23-40(35)43)30-16-10-17-34-36-26-29(22-24-41(36)45-42(30)34)44-37-18-7-4-13-31(37)32-14-5-8-19-38(32)44/h2,4-26H,1,3H2. The molecule has 212 valence electrons. The number of thiophene rings is 1. The molecule has 1 aliphatic rings. The molecule has 3 heteroatoms. The largest absolute Gasteiger partial charge is 0.310 e. The lowest BCUT2D eigenvalue weighted by Crippen LogP contribution is -1.96. The van der Waals surface area contributed by atoms with Gasteiger partial charge in [0.05, 0.1) is 22.1 Å². The molecule has 0 spiro atoms. The predicted molar refractivity (Wildman–Crippen MR) is 195 cm³/mol. The zero-order chi connectivity index (χ0) is 29.5. The smallest absolute Gasteiger partial charge is 0.0541 e. The maximum Gasteiger partial charge on any atom is 0.0541 e. The second-order valence-corrected chi connectivity index (χ2v) is 13.1. The molecule has 1 aliphatic carbocycles. The van der Waals surface area contributed by atoms with E-state index in [0.29, 0.717) is 0 Å². The van der Waals surface area contributed by atoms with E-state index < -0.39 is 0 Å². The molecule has 0 unspecified atom stereocenters. The molecule has 3 heterocycles. The number of rotatable bonds is 3.